The average molecular weight is 375 g/mol. The molecule has 0 spiro atoms. The molecular weight excluding hydrogens is 348 g/mol. The van der Waals surface area contributed by atoms with Gasteiger partial charge in [0, 0.05) is 6.04 Å². The van der Waals surface area contributed by atoms with Crippen molar-refractivity contribution in [2.45, 2.75) is 38.6 Å². The number of rotatable bonds is 7. The van der Waals surface area contributed by atoms with E-state index in [1.54, 1.807) is 36.4 Å². The second-order valence-corrected chi connectivity index (χ2v) is 8.63. The number of hydrogen-bond donors (Lipinski definition) is 1. The lowest BCUT2D eigenvalue weighted by atomic mass is 10.1. The lowest BCUT2D eigenvalue weighted by Gasteiger charge is -2.26. The maximum absolute atomic E-state index is 13.1. The fourth-order valence-electron chi connectivity index (χ4n) is 2.41. The summed E-state index contributed by atoms with van der Waals surface area (Å²) >= 11 is 0. The molecule has 5 nitrogen and oxygen atoms in total. The topological polar surface area (TPSA) is 66.5 Å². The third kappa shape index (κ3) is 4.85. The Morgan fingerprint density at radius 1 is 1.04 bits per heavy atom. The molecule has 26 heavy (non-hydrogen) atoms. The van der Waals surface area contributed by atoms with Gasteiger partial charge in [0.25, 0.3) is 10.0 Å². The summed E-state index contributed by atoms with van der Waals surface area (Å²) in [5.41, 5.74) is 1.40. The van der Waals surface area contributed by atoms with Crippen LogP contribution in [-0.4, -0.2) is 26.9 Å². The molecule has 2 rings (SSSR count). The van der Waals surface area contributed by atoms with Gasteiger partial charge >= 0.3 is 0 Å². The summed E-state index contributed by atoms with van der Waals surface area (Å²) in [6.07, 6.45) is 0. The van der Waals surface area contributed by atoms with Crippen LogP contribution in [0.25, 0.3) is 0 Å². The highest BCUT2D eigenvalue weighted by Gasteiger charge is 2.27. The van der Waals surface area contributed by atoms with Gasteiger partial charge in [-0.3, -0.25) is 9.10 Å². The van der Waals surface area contributed by atoms with Gasteiger partial charge in [-0.25, -0.2) is 8.42 Å². The maximum Gasteiger partial charge on any atom is 0.264 e. The minimum Gasteiger partial charge on any atom is -0.352 e. The van der Waals surface area contributed by atoms with Crippen LogP contribution < -0.4 is 9.62 Å². The van der Waals surface area contributed by atoms with Crippen LogP contribution in [0, 0.1) is 12.8 Å². The molecule has 0 aliphatic carbocycles. The molecule has 0 saturated carbocycles. The predicted octanol–water partition coefficient (Wildman–Crippen LogP) is 3.35. The number of nitrogens with one attached hydrogen (secondary N) is 1. The minimum absolute atomic E-state index is 0.0405. The summed E-state index contributed by atoms with van der Waals surface area (Å²) in [4.78, 5) is 12.6. The number of hydrogen-bond acceptors (Lipinski definition) is 3. The summed E-state index contributed by atoms with van der Waals surface area (Å²) in [6, 6.07) is 15.3. The Labute approximate surface area is 156 Å². The number of anilines is 1. The van der Waals surface area contributed by atoms with E-state index < -0.39 is 10.0 Å². The molecule has 2 aromatic rings. The van der Waals surface area contributed by atoms with E-state index in [4.69, 9.17) is 0 Å². The Kier molecular flexibility index (Phi) is 6.42. The van der Waals surface area contributed by atoms with E-state index in [-0.39, 0.29) is 29.3 Å². The van der Waals surface area contributed by atoms with Crippen molar-refractivity contribution >= 4 is 21.6 Å². The van der Waals surface area contributed by atoms with E-state index in [2.05, 4.69) is 5.32 Å². The molecule has 1 amide bonds. The highest BCUT2D eigenvalue weighted by atomic mass is 32.2. The van der Waals surface area contributed by atoms with E-state index >= 15 is 0 Å². The van der Waals surface area contributed by atoms with Crippen molar-refractivity contribution in [3.63, 3.8) is 0 Å². The first-order valence-electron chi connectivity index (χ1n) is 8.65. The Morgan fingerprint density at radius 3 is 2.27 bits per heavy atom. The first-order chi connectivity index (χ1) is 12.2. The number of benzene rings is 2. The normalized spacial score (nSPS) is 12.7. The van der Waals surface area contributed by atoms with Crippen molar-refractivity contribution in [2.75, 3.05) is 10.8 Å². The Balaban J connectivity index is 2.39. The van der Waals surface area contributed by atoms with Crippen LogP contribution >= 0.6 is 0 Å². The van der Waals surface area contributed by atoms with Gasteiger partial charge in [0.05, 0.1) is 10.6 Å². The van der Waals surface area contributed by atoms with Crippen molar-refractivity contribution in [1.29, 1.82) is 0 Å². The lowest BCUT2D eigenvalue weighted by Crippen LogP contribution is -2.45. The zero-order valence-corrected chi connectivity index (χ0v) is 16.5. The summed E-state index contributed by atoms with van der Waals surface area (Å²) in [7, 11) is -3.85. The number of carbonyl (C=O) groups is 1. The predicted molar refractivity (Wildman–Crippen MR) is 105 cm³/mol. The second kappa shape index (κ2) is 8.36. The smallest absolute Gasteiger partial charge is 0.264 e. The molecule has 6 heteroatoms. The summed E-state index contributed by atoms with van der Waals surface area (Å²) < 4.78 is 27.5. The van der Waals surface area contributed by atoms with Gasteiger partial charge in [-0.15, -0.1) is 0 Å². The molecule has 2 aromatic carbocycles. The number of aryl methyl sites for hydroxylation is 1. The SMILES string of the molecule is Cc1cccc(N(CC(=O)N[C@@H](C)C(C)C)S(=O)(=O)c2ccccc2)c1. The molecule has 140 valence electrons. The monoisotopic (exact) mass is 374 g/mol. The fourth-order valence-corrected chi connectivity index (χ4v) is 3.85. The average Bonchev–Trinajstić information content (AvgIpc) is 2.60. The van der Waals surface area contributed by atoms with E-state index in [0.29, 0.717) is 5.69 Å². The van der Waals surface area contributed by atoms with E-state index in [1.165, 1.54) is 12.1 Å². The van der Waals surface area contributed by atoms with Gasteiger partial charge in [0.15, 0.2) is 0 Å². The largest absolute Gasteiger partial charge is 0.352 e. The first kappa shape index (κ1) is 20.0. The van der Waals surface area contributed by atoms with Gasteiger partial charge in [-0.05, 0) is 49.6 Å². The van der Waals surface area contributed by atoms with Crippen molar-refractivity contribution in [2.24, 2.45) is 5.92 Å². The third-order valence-corrected chi connectivity index (χ3v) is 6.08. The summed E-state index contributed by atoms with van der Waals surface area (Å²) in [5, 5.41) is 2.87. The van der Waals surface area contributed by atoms with Gasteiger partial charge < -0.3 is 5.32 Å². The summed E-state index contributed by atoms with van der Waals surface area (Å²) in [5.74, 6) is -0.0655. The Hall–Kier alpha value is -2.34. The molecule has 0 fully saturated rings. The van der Waals surface area contributed by atoms with Crippen LogP contribution in [0.15, 0.2) is 59.5 Å². The molecule has 1 N–H and O–H groups in total. The fraction of sp³-hybridized carbons (Fsp3) is 0.350. The molecule has 0 aliphatic rings. The van der Waals surface area contributed by atoms with Gasteiger partial charge in [0.2, 0.25) is 5.91 Å². The molecule has 0 unspecified atom stereocenters. The molecule has 0 radical (unpaired) electrons. The lowest BCUT2D eigenvalue weighted by molar-refractivity contribution is -0.120. The Morgan fingerprint density at radius 2 is 1.69 bits per heavy atom. The number of amides is 1. The van der Waals surface area contributed by atoms with E-state index in [0.717, 1.165) is 9.87 Å². The summed E-state index contributed by atoms with van der Waals surface area (Å²) in [6.45, 7) is 7.54. The molecule has 1 atom stereocenters. The minimum atomic E-state index is -3.85. The van der Waals surface area contributed by atoms with E-state index in [1.807, 2.05) is 33.8 Å². The first-order valence-corrected chi connectivity index (χ1v) is 10.1. The number of carbonyl (C=O) groups excluding carboxylic acids is 1. The Bertz CT molecular complexity index is 848. The van der Waals surface area contributed by atoms with E-state index in [9.17, 15) is 13.2 Å². The zero-order chi connectivity index (χ0) is 19.3. The second-order valence-electron chi connectivity index (χ2n) is 6.76. The van der Waals surface area contributed by atoms with Crippen molar-refractivity contribution in [1.82, 2.24) is 5.32 Å². The molecule has 0 aliphatic heterocycles. The maximum atomic E-state index is 13.1. The van der Waals surface area contributed by atoms with Gasteiger partial charge in [-0.1, -0.05) is 44.2 Å². The van der Waals surface area contributed by atoms with Gasteiger partial charge in [0.1, 0.15) is 6.54 Å². The highest BCUT2D eigenvalue weighted by molar-refractivity contribution is 7.92. The van der Waals surface area contributed by atoms with Crippen LogP contribution in [0.5, 0.6) is 0 Å². The quantitative estimate of drug-likeness (QED) is 0.808. The number of sulfonamides is 1. The van der Waals surface area contributed by atoms with Crippen molar-refractivity contribution in [3.8, 4) is 0 Å². The third-order valence-electron chi connectivity index (χ3n) is 4.30. The number of nitrogens with zero attached hydrogens (tertiary/aromatic N) is 1. The zero-order valence-electron chi connectivity index (χ0n) is 15.6. The van der Waals surface area contributed by atoms with Crippen LogP contribution in [0.2, 0.25) is 0 Å². The van der Waals surface area contributed by atoms with Crippen molar-refractivity contribution in [3.05, 3.63) is 60.2 Å². The van der Waals surface area contributed by atoms with Crippen molar-refractivity contribution < 1.29 is 13.2 Å². The molecule has 0 bridgehead atoms. The highest BCUT2D eigenvalue weighted by Crippen LogP contribution is 2.24. The van der Waals surface area contributed by atoms with Gasteiger partial charge in [-0.2, -0.15) is 0 Å². The van der Waals surface area contributed by atoms with Crippen LogP contribution in [0.3, 0.4) is 0 Å². The molecule has 0 saturated heterocycles. The van der Waals surface area contributed by atoms with Crippen LogP contribution in [0.4, 0.5) is 5.69 Å². The molecule has 0 aromatic heterocycles. The molecular formula is C20H26N2O3S. The van der Waals surface area contributed by atoms with Crippen LogP contribution in [0.1, 0.15) is 26.3 Å². The van der Waals surface area contributed by atoms with Crippen LogP contribution in [-0.2, 0) is 14.8 Å². The standard InChI is InChI=1S/C20H26N2O3S/c1-15(2)17(4)21-20(23)14-22(18-10-8-9-16(3)13-18)26(24,25)19-11-6-5-7-12-19/h5-13,15,17H,14H2,1-4H3,(H,21,23)/t17-/m0/s1. The molecule has 0 heterocycles.